The summed E-state index contributed by atoms with van der Waals surface area (Å²) in [5.74, 6) is 1.12. The van der Waals surface area contributed by atoms with Crippen molar-refractivity contribution in [3.8, 4) is 11.5 Å². The van der Waals surface area contributed by atoms with Crippen LogP contribution in [0.4, 0.5) is 0 Å². The van der Waals surface area contributed by atoms with E-state index in [9.17, 15) is 4.79 Å². The molecule has 25 heavy (non-hydrogen) atoms. The summed E-state index contributed by atoms with van der Waals surface area (Å²) in [5.41, 5.74) is 2.24. The summed E-state index contributed by atoms with van der Waals surface area (Å²) in [6, 6.07) is 1.79. The Balaban J connectivity index is 1.47. The van der Waals surface area contributed by atoms with Gasteiger partial charge in [-0.25, -0.2) is 0 Å². The van der Waals surface area contributed by atoms with Gasteiger partial charge in [-0.2, -0.15) is 0 Å². The largest absolute Gasteiger partial charge is 0.469 e. The number of nitrogens with zero attached hydrogens (tertiary/aromatic N) is 2. The van der Waals surface area contributed by atoms with Crippen molar-refractivity contribution >= 4 is 17.7 Å². The van der Waals surface area contributed by atoms with Crippen LogP contribution in [0.3, 0.4) is 0 Å². The van der Waals surface area contributed by atoms with E-state index in [1.54, 1.807) is 12.3 Å². The van der Waals surface area contributed by atoms with Crippen molar-refractivity contribution < 1.29 is 13.6 Å². The van der Waals surface area contributed by atoms with Gasteiger partial charge in [-0.05, 0) is 52.0 Å². The number of carbonyl (C=O) groups is 1. The highest BCUT2D eigenvalue weighted by Gasteiger charge is 2.19. The average Bonchev–Trinajstić information content (AvgIpc) is 3.24. The molecule has 0 spiro atoms. The number of amides is 1. The smallest absolute Gasteiger partial charge is 0.277 e. The van der Waals surface area contributed by atoms with Crippen molar-refractivity contribution in [1.29, 1.82) is 0 Å². The molecule has 7 heteroatoms. The second-order valence-corrected chi connectivity index (χ2v) is 7.46. The first-order valence-electron chi connectivity index (χ1n) is 8.63. The first kappa shape index (κ1) is 17.8. The maximum absolute atomic E-state index is 12.2. The molecule has 6 nitrogen and oxygen atoms in total. The molecule has 1 aliphatic carbocycles. The lowest BCUT2D eigenvalue weighted by molar-refractivity contribution is -0.120. The predicted molar refractivity (Wildman–Crippen MR) is 96.2 cm³/mol. The molecule has 1 aliphatic rings. The van der Waals surface area contributed by atoms with Gasteiger partial charge in [-0.1, -0.05) is 23.4 Å². The fourth-order valence-electron chi connectivity index (χ4n) is 2.80. The van der Waals surface area contributed by atoms with Crippen LogP contribution >= 0.6 is 11.8 Å². The van der Waals surface area contributed by atoms with Crippen LogP contribution in [0.2, 0.25) is 0 Å². The molecular formula is C18H23N3O3S. The van der Waals surface area contributed by atoms with Gasteiger partial charge in [0, 0.05) is 6.54 Å². The molecule has 1 atom stereocenters. The summed E-state index contributed by atoms with van der Waals surface area (Å²) in [6.07, 6.45) is 9.72. The standard InChI is InChI=1S/C18H23N3O3S/c1-12-15(9-11-23-12)17-20-21-18(24-17)25-13(2)16(22)19-10-8-14-6-4-3-5-7-14/h6,9,11,13H,3-5,7-8,10H2,1-2H3,(H,19,22)/t13-/m1/s1. The number of aromatic nitrogens is 2. The summed E-state index contributed by atoms with van der Waals surface area (Å²) < 4.78 is 10.9. The Morgan fingerprint density at radius 3 is 3.00 bits per heavy atom. The Bertz CT molecular complexity index is 750. The fraction of sp³-hybridized carbons (Fsp3) is 0.500. The van der Waals surface area contributed by atoms with Crippen LogP contribution in [0.1, 0.15) is 44.8 Å². The van der Waals surface area contributed by atoms with Gasteiger partial charge in [0.25, 0.3) is 11.1 Å². The number of rotatable bonds is 7. The number of aryl methyl sites for hydroxylation is 1. The van der Waals surface area contributed by atoms with Gasteiger partial charge in [0.2, 0.25) is 5.91 Å². The van der Waals surface area contributed by atoms with Crippen molar-refractivity contribution in [3.63, 3.8) is 0 Å². The Hall–Kier alpha value is -2.02. The number of hydrogen-bond donors (Lipinski definition) is 1. The normalized spacial score (nSPS) is 15.7. The van der Waals surface area contributed by atoms with Crippen molar-refractivity contribution in [2.45, 2.75) is 56.4 Å². The van der Waals surface area contributed by atoms with E-state index >= 15 is 0 Å². The molecule has 1 amide bonds. The molecule has 134 valence electrons. The molecule has 2 aromatic rings. The van der Waals surface area contributed by atoms with E-state index in [0.29, 0.717) is 17.7 Å². The van der Waals surface area contributed by atoms with Crippen molar-refractivity contribution in [1.82, 2.24) is 15.5 Å². The number of thioether (sulfide) groups is 1. The van der Waals surface area contributed by atoms with Gasteiger partial charge < -0.3 is 14.2 Å². The monoisotopic (exact) mass is 361 g/mol. The minimum atomic E-state index is -0.293. The number of hydrogen-bond acceptors (Lipinski definition) is 6. The van der Waals surface area contributed by atoms with Crippen molar-refractivity contribution in [2.75, 3.05) is 6.54 Å². The second-order valence-electron chi connectivity index (χ2n) is 6.17. The molecule has 0 saturated heterocycles. The summed E-state index contributed by atoms with van der Waals surface area (Å²) in [4.78, 5) is 12.2. The quantitative estimate of drug-likeness (QED) is 0.590. The highest BCUT2D eigenvalue weighted by molar-refractivity contribution is 8.00. The zero-order valence-corrected chi connectivity index (χ0v) is 15.4. The van der Waals surface area contributed by atoms with E-state index in [-0.39, 0.29) is 11.2 Å². The molecule has 0 saturated carbocycles. The van der Waals surface area contributed by atoms with E-state index in [2.05, 4.69) is 21.6 Å². The highest BCUT2D eigenvalue weighted by Crippen LogP contribution is 2.28. The highest BCUT2D eigenvalue weighted by atomic mass is 32.2. The van der Waals surface area contributed by atoms with Gasteiger partial charge in [0.15, 0.2) is 0 Å². The molecule has 0 unspecified atom stereocenters. The van der Waals surface area contributed by atoms with Crippen molar-refractivity contribution in [2.24, 2.45) is 0 Å². The van der Waals surface area contributed by atoms with Crippen LogP contribution in [-0.2, 0) is 4.79 Å². The maximum atomic E-state index is 12.2. The topological polar surface area (TPSA) is 81.2 Å². The van der Waals surface area contributed by atoms with E-state index in [1.807, 2.05) is 13.8 Å². The molecule has 0 bridgehead atoms. The molecule has 0 aromatic carbocycles. The van der Waals surface area contributed by atoms with Crippen molar-refractivity contribution in [3.05, 3.63) is 29.7 Å². The lowest BCUT2D eigenvalue weighted by Gasteiger charge is -2.14. The average molecular weight is 361 g/mol. The van der Waals surface area contributed by atoms with Gasteiger partial charge in [0.1, 0.15) is 5.76 Å². The van der Waals surface area contributed by atoms with Gasteiger partial charge in [0.05, 0.1) is 17.1 Å². The van der Waals surface area contributed by atoms with Gasteiger partial charge in [-0.15, -0.1) is 10.2 Å². The third-order valence-corrected chi connectivity index (χ3v) is 5.21. The Morgan fingerprint density at radius 1 is 1.40 bits per heavy atom. The third kappa shape index (κ3) is 4.75. The van der Waals surface area contributed by atoms with Crippen LogP contribution in [0.5, 0.6) is 0 Å². The molecule has 0 radical (unpaired) electrons. The number of allylic oxidation sites excluding steroid dienone is 1. The molecule has 2 aromatic heterocycles. The van der Waals surface area contributed by atoms with E-state index in [0.717, 1.165) is 17.7 Å². The summed E-state index contributed by atoms with van der Waals surface area (Å²) >= 11 is 1.26. The third-order valence-electron chi connectivity index (χ3n) is 4.27. The van der Waals surface area contributed by atoms with E-state index in [4.69, 9.17) is 8.83 Å². The lowest BCUT2D eigenvalue weighted by atomic mass is 9.97. The molecule has 0 fully saturated rings. The Kier molecular flexibility index (Phi) is 5.96. The predicted octanol–water partition coefficient (Wildman–Crippen LogP) is 4.13. The number of carbonyl (C=O) groups excluding carboxylic acids is 1. The molecule has 0 aliphatic heterocycles. The first-order chi connectivity index (χ1) is 12.1. The molecule has 2 heterocycles. The minimum absolute atomic E-state index is 0.0133. The first-order valence-corrected chi connectivity index (χ1v) is 9.51. The zero-order valence-electron chi connectivity index (χ0n) is 14.6. The second kappa shape index (κ2) is 8.38. The van der Waals surface area contributed by atoms with Crippen LogP contribution < -0.4 is 5.32 Å². The molecular weight excluding hydrogens is 338 g/mol. The SMILES string of the molecule is Cc1occc1-c1nnc(S[C@H](C)C(=O)NCCC2=CCCCC2)o1. The molecule has 1 N–H and O–H groups in total. The molecule has 3 rings (SSSR count). The van der Waals surface area contributed by atoms with Gasteiger partial charge in [-0.3, -0.25) is 4.79 Å². The Morgan fingerprint density at radius 2 is 2.28 bits per heavy atom. The minimum Gasteiger partial charge on any atom is -0.469 e. The maximum Gasteiger partial charge on any atom is 0.277 e. The van der Waals surface area contributed by atoms with Gasteiger partial charge >= 0.3 is 0 Å². The fourth-order valence-corrected chi connectivity index (χ4v) is 3.51. The lowest BCUT2D eigenvalue weighted by Crippen LogP contribution is -2.31. The van der Waals surface area contributed by atoms with Crippen LogP contribution in [0, 0.1) is 6.92 Å². The number of nitrogens with one attached hydrogen (secondary N) is 1. The summed E-state index contributed by atoms with van der Waals surface area (Å²) in [5, 5.41) is 11.1. The summed E-state index contributed by atoms with van der Waals surface area (Å²) in [7, 11) is 0. The van der Waals surface area contributed by atoms with E-state index in [1.165, 1.54) is 43.0 Å². The zero-order chi connectivity index (χ0) is 17.6. The van der Waals surface area contributed by atoms with E-state index < -0.39 is 0 Å². The van der Waals surface area contributed by atoms with Crippen LogP contribution in [-0.4, -0.2) is 27.9 Å². The van der Waals surface area contributed by atoms with Crippen LogP contribution in [0.25, 0.3) is 11.5 Å². The summed E-state index contributed by atoms with van der Waals surface area (Å²) in [6.45, 7) is 4.36. The van der Waals surface area contributed by atoms with Crippen LogP contribution in [0.15, 0.2) is 38.0 Å². The Labute approximate surface area is 151 Å². The number of furan rings is 1.